The number of hydrogen-bond acceptors (Lipinski definition) is 5. The molecule has 3 rings (SSSR count). The third-order valence-corrected chi connectivity index (χ3v) is 3.68. The standard InChI is InChI=1S/C19H17ClN4O2/c1-19(2,3)26-18(25)24-7-6-12-4-5-14(10-16(12)24)22-17-9-13(20)8-15(11-21)23-17/h4-10H,1-3H3,(H,22,23). The van der Waals surface area contributed by atoms with Crippen molar-refractivity contribution in [3.63, 3.8) is 0 Å². The minimum Gasteiger partial charge on any atom is -0.443 e. The van der Waals surface area contributed by atoms with Crippen LogP contribution in [-0.2, 0) is 4.74 Å². The summed E-state index contributed by atoms with van der Waals surface area (Å²) in [5.41, 5.74) is 1.05. The summed E-state index contributed by atoms with van der Waals surface area (Å²) >= 11 is 6.00. The first kappa shape index (κ1) is 17.8. The molecule has 3 aromatic rings. The highest BCUT2D eigenvalue weighted by Gasteiger charge is 2.19. The molecule has 0 spiro atoms. The SMILES string of the molecule is CC(C)(C)OC(=O)n1ccc2ccc(Nc3cc(Cl)cc(C#N)n3)cc21. The van der Waals surface area contributed by atoms with Crippen molar-refractivity contribution in [3.05, 3.63) is 53.3 Å². The largest absolute Gasteiger partial charge is 0.443 e. The van der Waals surface area contributed by atoms with E-state index in [2.05, 4.69) is 10.3 Å². The number of hydrogen-bond donors (Lipinski definition) is 1. The van der Waals surface area contributed by atoms with E-state index in [1.54, 1.807) is 12.3 Å². The number of aromatic nitrogens is 2. The highest BCUT2D eigenvalue weighted by atomic mass is 35.5. The van der Waals surface area contributed by atoms with Crippen molar-refractivity contribution < 1.29 is 9.53 Å². The fourth-order valence-corrected chi connectivity index (χ4v) is 2.65. The second kappa shape index (κ2) is 6.70. The molecule has 0 saturated heterocycles. The lowest BCUT2D eigenvalue weighted by molar-refractivity contribution is 0.0544. The van der Waals surface area contributed by atoms with Crippen LogP contribution in [0, 0.1) is 11.3 Å². The molecule has 0 unspecified atom stereocenters. The predicted molar refractivity (Wildman–Crippen MR) is 101 cm³/mol. The van der Waals surface area contributed by atoms with Crippen molar-refractivity contribution in [2.75, 3.05) is 5.32 Å². The topological polar surface area (TPSA) is 79.9 Å². The van der Waals surface area contributed by atoms with Gasteiger partial charge in [0.1, 0.15) is 23.2 Å². The van der Waals surface area contributed by atoms with Gasteiger partial charge in [-0.3, -0.25) is 4.57 Å². The zero-order valence-corrected chi connectivity index (χ0v) is 15.3. The van der Waals surface area contributed by atoms with Crippen LogP contribution in [0.4, 0.5) is 16.3 Å². The zero-order valence-electron chi connectivity index (χ0n) is 14.6. The van der Waals surface area contributed by atoms with Crippen molar-refractivity contribution in [1.29, 1.82) is 5.26 Å². The van der Waals surface area contributed by atoms with E-state index in [4.69, 9.17) is 21.6 Å². The molecule has 0 aliphatic rings. The third kappa shape index (κ3) is 3.95. The Morgan fingerprint density at radius 2 is 2.04 bits per heavy atom. The first-order valence-electron chi connectivity index (χ1n) is 7.94. The van der Waals surface area contributed by atoms with E-state index in [-0.39, 0.29) is 5.69 Å². The molecular formula is C19H17ClN4O2. The third-order valence-electron chi connectivity index (χ3n) is 3.46. The average Bonchev–Trinajstić information content (AvgIpc) is 2.96. The molecule has 0 aliphatic carbocycles. The minimum atomic E-state index is -0.581. The number of benzene rings is 1. The number of fused-ring (bicyclic) bond motifs is 1. The average molecular weight is 369 g/mol. The maximum Gasteiger partial charge on any atom is 0.418 e. The summed E-state index contributed by atoms with van der Waals surface area (Å²) in [6.45, 7) is 5.46. The number of carbonyl (C=O) groups excluding carboxylic acids is 1. The first-order valence-corrected chi connectivity index (χ1v) is 8.32. The number of nitrogens with one attached hydrogen (secondary N) is 1. The molecule has 1 aromatic carbocycles. The summed E-state index contributed by atoms with van der Waals surface area (Å²) < 4.78 is 6.89. The molecule has 6 nitrogen and oxygen atoms in total. The lowest BCUT2D eigenvalue weighted by atomic mass is 10.2. The molecule has 2 heterocycles. The van der Waals surface area contributed by atoms with Gasteiger partial charge in [-0.15, -0.1) is 0 Å². The Kier molecular flexibility index (Phi) is 4.58. The van der Waals surface area contributed by atoms with Crippen molar-refractivity contribution in [3.8, 4) is 6.07 Å². The molecule has 7 heteroatoms. The summed E-state index contributed by atoms with van der Waals surface area (Å²) in [5, 5.41) is 13.4. The van der Waals surface area contributed by atoms with Crippen molar-refractivity contribution in [2.24, 2.45) is 0 Å². The number of anilines is 2. The molecule has 2 aromatic heterocycles. The van der Waals surface area contributed by atoms with Gasteiger partial charge in [-0.1, -0.05) is 17.7 Å². The van der Waals surface area contributed by atoms with E-state index in [0.29, 0.717) is 22.0 Å². The van der Waals surface area contributed by atoms with Gasteiger partial charge in [0.25, 0.3) is 0 Å². The molecule has 26 heavy (non-hydrogen) atoms. The lowest BCUT2D eigenvalue weighted by Crippen LogP contribution is -2.26. The van der Waals surface area contributed by atoms with Gasteiger partial charge in [0, 0.05) is 22.3 Å². The molecule has 0 amide bonds. The van der Waals surface area contributed by atoms with Crippen LogP contribution in [0.25, 0.3) is 10.9 Å². The van der Waals surface area contributed by atoms with Crippen molar-refractivity contribution >= 4 is 40.1 Å². The van der Waals surface area contributed by atoms with E-state index in [0.717, 1.165) is 5.39 Å². The Bertz CT molecular complexity index is 1030. The highest BCUT2D eigenvalue weighted by Crippen LogP contribution is 2.25. The molecule has 0 aliphatic heterocycles. The van der Waals surface area contributed by atoms with Gasteiger partial charge in [-0.2, -0.15) is 5.26 Å². The van der Waals surface area contributed by atoms with E-state index in [1.165, 1.54) is 10.6 Å². The smallest absolute Gasteiger partial charge is 0.418 e. The summed E-state index contributed by atoms with van der Waals surface area (Å²) in [6.07, 6.45) is 1.23. The molecule has 0 radical (unpaired) electrons. The van der Waals surface area contributed by atoms with Crippen LogP contribution in [0.15, 0.2) is 42.6 Å². The van der Waals surface area contributed by atoms with Gasteiger partial charge in [0.2, 0.25) is 0 Å². The molecule has 0 bridgehead atoms. The summed E-state index contributed by atoms with van der Waals surface area (Å²) in [5.74, 6) is 0.448. The van der Waals surface area contributed by atoms with Gasteiger partial charge in [0.15, 0.2) is 0 Å². The van der Waals surface area contributed by atoms with Crippen molar-refractivity contribution in [1.82, 2.24) is 9.55 Å². The summed E-state index contributed by atoms with van der Waals surface area (Å²) in [7, 11) is 0. The van der Waals surface area contributed by atoms with Crippen molar-refractivity contribution in [2.45, 2.75) is 26.4 Å². The Balaban J connectivity index is 1.94. The van der Waals surface area contributed by atoms with E-state index in [9.17, 15) is 4.79 Å². The maximum absolute atomic E-state index is 12.4. The monoisotopic (exact) mass is 368 g/mol. The summed E-state index contributed by atoms with van der Waals surface area (Å²) in [6, 6.07) is 12.5. The summed E-state index contributed by atoms with van der Waals surface area (Å²) in [4.78, 5) is 16.6. The molecule has 0 fully saturated rings. The fourth-order valence-electron chi connectivity index (χ4n) is 2.44. The predicted octanol–water partition coefficient (Wildman–Crippen LogP) is 5.09. The number of ether oxygens (including phenoxy) is 1. The van der Waals surface area contributed by atoms with Gasteiger partial charge >= 0.3 is 6.09 Å². The van der Waals surface area contributed by atoms with Crippen LogP contribution in [0.3, 0.4) is 0 Å². The second-order valence-electron chi connectivity index (χ2n) is 6.73. The second-order valence-corrected chi connectivity index (χ2v) is 7.17. The molecule has 132 valence electrons. The fraction of sp³-hybridized carbons (Fsp3) is 0.211. The Morgan fingerprint density at radius 1 is 1.27 bits per heavy atom. The van der Waals surface area contributed by atoms with Gasteiger partial charge in [0.05, 0.1) is 5.52 Å². The number of nitrogens with zero attached hydrogens (tertiary/aromatic N) is 3. The Hall–Kier alpha value is -3.04. The quantitative estimate of drug-likeness (QED) is 0.681. The van der Waals surface area contributed by atoms with Gasteiger partial charge in [-0.05, 0) is 51.1 Å². The minimum absolute atomic E-state index is 0.221. The van der Waals surface area contributed by atoms with Gasteiger partial charge < -0.3 is 10.1 Å². The molecule has 0 atom stereocenters. The van der Waals surface area contributed by atoms with Crippen LogP contribution < -0.4 is 5.32 Å². The maximum atomic E-state index is 12.4. The van der Waals surface area contributed by atoms with Crippen LogP contribution in [0.5, 0.6) is 0 Å². The van der Waals surface area contributed by atoms with Crippen LogP contribution in [0.2, 0.25) is 5.02 Å². The number of nitriles is 1. The molecular weight excluding hydrogens is 352 g/mol. The van der Waals surface area contributed by atoms with Crippen LogP contribution in [-0.4, -0.2) is 21.2 Å². The molecule has 1 N–H and O–H groups in total. The van der Waals surface area contributed by atoms with E-state index in [1.807, 2.05) is 51.1 Å². The normalized spacial score (nSPS) is 11.2. The lowest BCUT2D eigenvalue weighted by Gasteiger charge is -2.19. The first-order chi connectivity index (χ1) is 12.2. The van der Waals surface area contributed by atoms with E-state index < -0.39 is 11.7 Å². The molecule has 0 saturated carbocycles. The number of pyridine rings is 1. The zero-order chi connectivity index (χ0) is 18.9. The Labute approximate surface area is 156 Å². The van der Waals surface area contributed by atoms with Crippen LogP contribution >= 0.6 is 11.6 Å². The Morgan fingerprint density at radius 3 is 2.73 bits per heavy atom. The van der Waals surface area contributed by atoms with E-state index >= 15 is 0 Å². The number of rotatable bonds is 2. The van der Waals surface area contributed by atoms with Crippen LogP contribution in [0.1, 0.15) is 26.5 Å². The number of halogens is 1. The van der Waals surface area contributed by atoms with Gasteiger partial charge in [-0.25, -0.2) is 9.78 Å². The number of carbonyl (C=O) groups is 1. The highest BCUT2D eigenvalue weighted by molar-refractivity contribution is 6.30.